The third-order valence-electron chi connectivity index (χ3n) is 9.19. The van der Waals surface area contributed by atoms with Crippen molar-refractivity contribution in [1.29, 1.82) is 0 Å². The predicted molar refractivity (Wildman–Crippen MR) is 142 cm³/mol. The highest BCUT2D eigenvalue weighted by Crippen LogP contribution is 2.60. The molecule has 3 amide bonds. The average molecular weight is 488 g/mol. The highest BCUT2D eigenvalue weighted by atomic mass is 16.2. The first-order valence-electron chi connectivity index (χ1n) is 13.3. The molecule has 2 aromatic carbocycles. The van der Waals surface area contributed by atoms with E-state index >= 15 is 0 Å². The molecular formula is C30H37N3O3. The molecule has 3 atom stereocenters. The highest BCUT2D eigenvalue weighted by Gasteiger charge is 2.65. The van der Waals surface area contributed by atoms with E-state index in [-0.39, 0.29) is 23.6 Å². The summed E-state index contributed by atoms with van der Waals surface area (Å²) in [6.07, 6.45) is 5.33. The molecule has 2 aliphatic heterocycles. The molecule has 2 aromatic rings. The Morgan fingerprint density at radius 3 is 2.31 bits per heavy atom. The Bertz CT molecular complexity index is 1140. The van der Waals surface area contributed by atoms with Crippen LogP contribution in [0.3, 0.4) is 0 Å². The summed E-state index contributed by atoms with van der Waals surface area (Å²) in [5, 5.41) is 3.01. The van der Waals surface area contributed by atoms with Gasteiger partial charge in [-0.15, -0.1) is 0 Å². The fourth-order valence-electron chi connectivity index (χ4n) is 6.42. The van der Waals surface area contributed by atoms with Crippen LogP contribution in [0.5, 0.6) is 0 Å². The second-order valence-corrected chi connectivity index (χ2v) is 11.4. The van der Waals surface area contributed by atoms with Crippen LogP contribution in [0.2, 0.25) is 0 Å². The van der Waals surface area contributed by atoms with Crippen molar-refractivity contribution in [2.24, 2.45) is 16.7 Å². The van der Waals surface area contributed by atoms with Gasteiger partial charge in [0.15, 0.2) is 0 Å². The summed E-state index contributed by atoms with van der Waals surface area (Å²) in [6.45, 7) is 8.12. The number of likely N-dealkylation sites (tertiary alicyclic amines) is 1. The number of piperidine rings is 2. The van der Waals surface area contributed by atoms with Gasteiger partial charge in [-0.05, 0) is 67.3 Å². The van der Waals surface area contributed by atoms with Gasteiger partial charge in [-0.25, -0.2) is 0 Å². The van der Waals surface area contributed by atoms with E-state index in [9.17, 15) is 14.4 Å². The number of nitrogens with zero attached hydrogens (tertiary/aromatic N) is 2. The smallest absolute Gasteiger partial charge is 0.248 e. The van der Waals surface area contributed by atoms with Gasteiger partial charge in [0.05, 0.1) is 5.41 Å². The fraction of sp³-hybridized carbons (Fsp3) is 0.500. The van der Waals surface area contributed by atoms with E-state index in [2.05, 4.69) is 10.2 Å². The van der Waals surface area contributed by atoms with Gasteiger partial charge in [-0.2, -0.15) is 0 Å². The Morgan fingerprint density at radius 1 is 0.972 bits per heavy atom. The number of fused-ring (bicyclic) bond motifs is 2. The molecule has 5 rings (SSSR count). The van der Waals surface area contributed by atoms with Crippen LogP contribution in [-0.4, -0.2) is 41.8 Å². The SMILES string of the molecule is CC12CCC(C(=O)N(C(Cc3ccccc3)C(=O)Nc3ccc(N4CCCCC4)cc3)C1=O)C2(C)C. The molecule has 6 nitrogen and oxygen atoms in total. The van der Waals surface area contributed by atoms with E-state index in [1.165, 1.54) is 24.2 Å². The van der Waals surface area contributed by atoms with Crippen molar-refractivity contribution >= 4 is 29.1 Å². The van der Waals surface area contributed by atoms with Crippen molar-refractivity contribution in [3.63, 3.8) is 0 Å². The van der Waals surface area contributed by atoms with Gasteiger partial charge < -0.3 is 10.2 Å². The van der Waals surface area contributed by atoms with Gasteiger partial charge in [0.1, 0.15) is 6.04 Å². The first-order valence-corrected chi connectivity index (χ1v) is 13.3. The number of carbonyl (C=O) groups excluding carboxylic acids is 3. The Morgan fingerprint density at radius 2 is 1.64 bits per heavy atom. The van der Waals surface area contributed by atoms with Crippen molar-refractivity contribution in [3.8, 4) is 0 Å². The number of anilines is 2. The lowest BCUT2D eigenvalue weighted by Gasteiger charge is -2.49. The minimum absolute atomic E-state index is 0.212. The summed E-state index contributed by atoms with van der Waals surface area (Å²) >= 11 is 0. The van der Waals surface area contributed by atoms with Crippen molar-refractivity contribution in [1.82, 2.24) is 4.90 Å². The lowest BCUT2D eigenvalue weighted by atomic mass is 9.62. The molecule has 3 unspecified atom stereocenters. The molecule has 2 saturated heterocycles. The first kappa shape index (κ1) is 24.5. The van der Waals surface area contributed by atoms with Crippen LogP contribution < -0.4 is 10.2 Å². The van der Waals surface area contributed by atoms with Crippen molar-refractivity contribution in [2.75, 3.05) is 23.3 Å². The van der Waals surface area contributed by atoms with Crippen LogP contribution in [0, 0.1) is 16.7 Å². The molecule has 0 aromatic heterocycles. The third-order valence-corrected chi connectivity index (χ3v) is 9.19. The molecule has 0 spiro atoms. The third kappa shape index (κ3) is 4.10. The molecule has 1 aliphatic carbocycles. The summed E-state index contributed by atoms with van der Waals surface area (Å²) in [7, 11) is 0. The Balaban J connectivity index is 1.41. The van der Waals surface area contributed by atoms with Crippen LogP contribution in [0.1, 0.15) is 58.4 Å². The molecular weight excluding hydrogens is 450 g/mol. The second kappa shape index (κ2) is 9.38. The lowest BCUT2D eigenvalue weighted by Crippen LogP contribution is -2.64. The number of hydrogen-bond acceptors (Lipinski definition) is 4. The maximum absolute atomic E-state index is 13.9. The summed E-state index contributed by atoms with van der Waals surface area (Å²) < 4.78 is 0. The van der Waals surface area contributed by atoms with Crippen LogP contribution >= 0.6 is 0 Å². The average Bonchev–Trinajstić information content (AvgIpc) is 3.07. The minimum Gasteiger partial charge on any atom is -0.372 e. The normalized spacial score (nSPS) is 26.1. The number of carbonyl (C=O) groups is 3. The number of amides is 3. The Kier molecular flexibility index (Phi) is 6.39. The van der Waals surface area contributed by atoms with Gasteiger partial charge in [0.2, 0.25) is 17.7 Å². The quantitative estimate of drug-likeness (QED) is 0.580. The summed E-state index contributed by atoms with van der Waals surface area (Å²) in [5.74, 6) is -1.01. The molecule has 0 radical (unpaired) electrons. The van der Waals surface area contributed by atoms with Gasteiger partial charge in [0.25, 0.3) is 0 Å². The van der Waals surface area contributed by atoms with Crippen LogP contribution in [0.15, 0.2) is 54.6 Å². The zero-order chi connectivity index (χ0) is 25.5. The van der Waals surface area contributed by atoms with E-state index in [1.807, 2.05) is 75.4 Å². The van der Waals surface area contributed by atoms with Crippen LogP contribution in [0.4, 0.5) is 11.4 Å². The topological polar surface area (TPSA) is 69.7 Å². The van der Waals surface area contributed by atoms with E-state index in [4.69, 9.17) is 0 Å². The van der Waals surface area contributed by atoms with E-state index in [0.717, 1.165) is 24.3 Å². The van der Waals surface area contributed by atoms with Gasteiger partial charge in [0, 0.05) is 36.8 Å². The zero-order valence-electron chi connectivity index (χ0n) is 21.6. The Hall–Kier alpha value is -3.15. The summed E-state index contributed by atoms with van der Waals surface area (Å²) in [5.41, 5.74) is 1.67. The maximum Gasteiger partial charge on any atom is 0.248 e. The van der Waals surface area contributed by atoms with Crippen molar-refractivity contribution < 1.29 is 14.4 Å². The van der Waals surface area contributed by atoms with E-state index < -0.39 is 16.9 Å². The number of imide groups is 1. The van der Waals surface area contributed by atoms with Crippen molar-refractivity contribution in [2.45, 2.75) is 65.3 Å². The fourth-order valence-corrected chi connectivity index (χ4v) is 6.42. The molecule has 1 N–H and O–H groups in total. The minimum atomic E-state index is -0.898. The van der Waals surface area contributed by atoms with Gasteiger partial charge >= 0.3 is 0 Å². The molecule has 2 bridgehead atoms. The van der Waals surface area contributed by atoms with E-state index in [1.54, 1.807) is 0 Å². The largest absolute Gasteiger partial charge is 0.372 e. The summed E-state index contributed by atoms with van der Waals surface area (Å²) in [4.78, 5) is 44.9. The summed E-state index contributed by atoms with van der Waals surface area (Å²) in [6, 6.07) is 16.6. The standard InChI is InChI=1S/C30H37N3O3/c1-29(2)24-16-17-30(29,3)28(36)33(27(24)35)25(20-21-10-6-4-7-11-21)26(34)31-22-12-14-23(15-13-22)32-18-8-5-9-19-32/h4,6-7,10-15,24-25H,5,8-9,16-20H2,1-3H3,(H,31,34). The first-order chi connectivity index (χ1) is 17.2. The maximum atomic E-state index is 13.9. The van der Waals surface area contributed by atoms with Crippen LogP contribution in [-0.2, 0) is 20.8 Å². The lowest BCUT2D eigenvalue weighted by molar-refractivity contribution is -0.172. The van der Waals surface area contributed by atoms with Gasteiger partial charge in [-0.3, -0.25) is 19.3 Å². The molecule has 36 heavy (non-hydrogen) atoms. The number of rotatable bonds is 6. The molecule has 2 heterocycles. The zero-order valence-corrected chi connectivity index (χ0v) is 21.6. The second-order valence-electron chi connectivity index (χ2n) is 11.4. The highest BCUT2D eigenvalue weighted by molar-refractivity contribution is 6.09. The van der Waals surface area contributed by atoms with E-state index in [0.29, 0.717) is 24.9 Å². The monoisotopic (exact) mass is 487 g/mol. The molecule has 3 fully saturated rings. The Labute approximate surface area is 214 Å². The van der Waals surface area contributed by atoms with Gasteiger partial charge in [-0.1, -0.05) is 51.1 Å². The van der Waals surface area contributed by atoms with Crippen molar-refractivity contribution in [3.05, 3.63) is 60.2 Å². The number of nitrogens with one attached hydrogen (secondary N) is 1. The predicted octanol–water partition coefficient (Wildman–Crippen LogP) is 5.04. The molecule has 190 valence electrons. The van der Waals surface area contributed by atoms with Crippen LogP contribution in [0.25, 0.3) is 0 Å². The number of hydrogen-bond donors (Lipinski definition) is 1. The number of benzene rings is 2. The molecule has 1 saturated carbocycles. The molecule has 6 heteroatoms. The molecule has 3 aliphatic rings.